The molecule has 132 valence electrons. The lowest BCUT2D eigenvalue weighted by atomic mass is 10.0. The van der Waals surface area contributed by atoms with Crippen molar-refractivity contribution < 1.29 is 14.3 Å². The first-order valence-corrected chi connectivity index (χ1v) is 8.56. The van der Waals surface area contributed by atoms with Crippen LogP contribution in [0.4, 0.5) is 5.69 Å². The maximum atomic E-state index is 12.6. The largest absolute Gasteiger partial charge is 0.485 e. The van der Waals surface area contributed by atoms with Crippen LogP contribution in [-0.2, 0) is 11.2 Å². The standard InChI is InChI=1S/C20H19N3O3/c1-2-13-9-14(15-10-21-22-11-15)7-8-16(13)23-20(24)19-12-25-17-5-3-4-6-18(17)26-19/h3-11,19H,2,12H2,1H3,(H,21,22)(H,23,24)/t19-/m0/s1. The average molecular weight is 349 g/mol. The molecule has 6 nitrogen and oxygen atoms in total. The van der Waals surface area contributed by atoms with Crippen molar-refractivity contribution in [2.45, 2.75) is 19.4 Å². The van der Waals surface area contributed by atoms with Crippen LogP contribution in [-0.4, -0.2) is 28.8 Å². The Morgan fingerprint density at radius 3 is 2.85 bits per heavy atom. The normalized spacial score (nSPS) is 15.5. The van der Waals surface area contributed by atoms with Gasteiger partial charge in [0.1, 0.15) is 6.61 Å². The van der Waals surface area contributed by atoms with Crippen LogP contribution < -0.4 is 14.8 Å². The fraction of sp³-hybridized carbons (Fsp3) is 0.200. The predicted octanol–water partition coefficient (Wildman–Crippen LogP) is 3.42. The van der Waals surface area contributed by atoms with E-state index in [-0.39, 0.29) is 12.5 Å². The first kappa shape index (κ1) is 16.2. The first-order chi connectivity index (χ1) is 12.7. The van der Waals surface area contributed by atoms with E-state index < -0.39 is 6.10 Å². The highest BCUT2D eigenvalue weighted by atomic mass is 16.6. The number of amides is 1. The molecule has 0 radical (unpaired) electrons. The summed E-state index contributed by atoms with van der Waals surface area (Å²) in [5.41, 5.74) is 3.90. The van der Waals surface area contributed by atoms with Gasteiger partial charge in [0.2, 0.25) is 6.10 Å². The third-order valence-electron chi connectivity index (χ3n) is 4.38. The zero-order chi connectivity index (χ0) is 17.9. The number of aryl methyl sites for hydroxylation is 1. The Morgan fingerprint density at radius 1 is 1.23 bits per heavy atom. The summed E-state index contributed by atoms with van der Waals surface area (Å²) >= 11 is 0. The Bertz CT molecular complexity index is 922. The Labute approximate surface area is 151 Å². The van der Waals surface area contributed by atoms with Crippen molar-refractivity contribution in [3.8, 4) is 22.6 Å². The molecule has 1 atom stereocenters. The van der Waals surface area contributed by atoms with Gasteiger partial charge in [0.15, 0.2) is 11.5 Å². The quantitative estimate of drug-likeness (QED) is 0.757. The number of carbonyl (C=O) groups excluding carboxylic acids is 1. The minimum Gasteiger partial charge on any atom is -0.485 e. The Kier molecular flexibility index (Phi) is 4.31. The van der Waals surface area contributed by atoms with Crippen LogP contribution in [0.15, 0.2) is 54.9 Å². The summed E-state index contributed by atoms with van der Waals surface area (Å²) in [4.78, 5) is 12.6. The number of fused-ring (bicyclic) bond motifs is 1. The summed E-state index contributed by atoms with van der Waals surface area (Å²) in [6.45, 7) is 2.25. The fourth-order valence-electron chi connectivity index (χ4n) is 2.96. The molecule has 2 aromatic carbocycles. The number of H-pyrrole nitrogens is 1. The molecule has 4 rings (SSSR count). The molecule has 0 spiro atoms. The zero-order valence-corrected chi connectivity index (χ0v) is 14.4. The molecule has 1 aliphatic rings. The minimum absolute atomic E-state index is 0.192. The second-order valence-corrected chi connectivity index (χ2v) is 6.07. The van der Waals surface area contributed by atoms with Crippen LogP contribution in [0.5, 0.6) is 11.5 Å². The van der Waals surface area contributed by atoms with Gasteiger partial charge in [-0.3, -0.25) is 9.89 Å². The van der Waals surface area contributed by atoms with Crippen LogP contribution in [0.25, 0.3) is 11.1 Å². The Hall–Kier alpha value is -3.28. The van der Waals surface area contributed by atoms with E-state index in [1.165, 1.54) is 0 Å². The minimum atomic E-state index is -0.678. The SMILES string of the molecule is CCc1cc(-c2cn[nH]c2)ccc1NC(=O)[C@@H]1COc2ccccc2O1. The van der Waals surface area contributed by atoms with Crippen molar-refractivity contribution in [3.05, 3.63) is 60.4 Å². The number of nitrogens with zero attached hydrogens (tertiary/aromatic N) is 1. The van der Waals surface area contributed by atoms with Gasteiger partial charge in [-0.1, -0.05) is 25.1 Å². The Morgan fingerprint density at radius 2 is 2.08 bits per heavy atom. The molecule has 0 saturated carbocycles. The van der Waals surface area contributed by atoms with Crippen LogP contribution >= 0.6 is 0 Å². The molecule has 1 amide bonds. The van der Waals surface area contributed by atoms with E-state index in [0.717, 1.165) is 28.8 Å². The summed E-state index contributed by atoms with van der Waals surface area (Å²) in [5, 5.41) is 9.76. The van der Waals surface area contributed by atoms with Crippen LogP contribution in [0, 0.1) is 0 Å². The topological polar surface area (TPSA) is 76.2 Å². The number of hydrogen-bond acceptors (Lipinski definition) is 4. The maximum Gasteiger partial charge on any atom is 0.269 e. The summed E-state index contributed by atoms with van der Waals surface area (Å²) < 4.78 is 11.4. The van der Waals surface area contributed by atoms with E-state index in [1.807, 2.05) is 36.5 Å². The maximum absolute atomic E-state index is 12.6. The van der Waals surface area contributed by atoms with Gasteiger partial charge in [0, 0.05) is 17.4 Å². The van der Waals surface area contributed by atoms with Crippen molar-refractivity contribution >= 4 is 11.6 Å². The van der Waals surface area contributed by atoms with Gasteiger partial charge in [-0.05, 0) is 41.8 Å². The summed E-state index contributed by atoms with van der Waals surface area (Å²) in [5.74, 6) is 1.03. The van der Waals surface area contributed by atoms with Crippen LogP contribution in [0.3, 0.4) is 0 Å². The van der Waals surface area contributed by atoms with Crippen molar-refractivity contribution in [1.82, 2.24) is 10.2 Å². The number of rotatable bonds is 4. The van der Waals surface area contributed by atoms with Gasteiger partial charge in [-0.25, -0.2) is 0 Å². The second kappa shape index (κ2) is 6.92. The number of aromatic nitrogens is 2. The third kappa shape index (κ3) is 3.13. The lowest BCUT2D eigenvalue weighted by Gasteiger charge is -2.26. The monoisotopic (exact) mass is 349 g/mol. The van der Waals surface area contributed by atoms with Crippen molar-refractivity contribution in [2.75, 3.05) is 11.9 Å². The summed E-state index contributed by atoms with van der Waals surface area (Å²) in [6, 6.07) is 13.3. The van der Waals surface area contributed by atoms with Crippen LogP contribution in [0.2, 0.25) is 0 Å². The van der Waals surface area contributed by atoms with E-state index in [2.05, 4.69) is 28.5 Å². The molecule has 2 heterocycles. The van der Waals surface area contributed by atoms with E-state index in [0.29, 0.717) is 11.5 Å². The smallest absolute Gasteiger partial charge is 0.269 e. The van der Waals surface area contributed by atoms with Crippen molar-refractivity contribution in [2.24, 2.45) is 0 Å². The van der Waals surface area contributed by atoms with E-state index in [9.17, 15) is 4.79 Å². The molecule has 1 aromatic heterocycles. The molecule has 3 aromatic rings. The van der Waals surface area contributed by atoms with Crippen LogP contribution in [0.1, 0.15) is 12.5 Å². The van der Waals surface area contributed by atoms with Crippen molar-refractivity contribution in [3.63, 3.8) is 0 Å². The highest BCUT2D eigenvalue weighted by Crippen LogP contribution is 2.31. The highest BCUT2D eigenvalue weighted by molar-refractivity contribution is 5.95. The molecular formula is C20H19N3O3. The van der Waals surface area contributed by atoms with Gasteiger partial charge < -0.3 is 14.8 Å². The Balaban J connectivity index is 1.51. The zero-order valence-electron chi connectivity index (χ0n) is 14.4. The molecule has 2 N–H and O–H groups in total. The third-order valence-corrected chi connectivity index (χ3v) is 4.38. The molecule has 0 aliphatic carbocycles. The molecular weight excluding hydrogens is 330 g/mol. The average Bonchev–Trinajstić information content (AvgIpc) is 3.22. The number of para-hydroxylation sites is 2. The van der Waals surface area contributed by atoms with E-state index in [1.54, 1.807) is 12.3 Å². The number of anilines is 1. The molecule has 0 unspecified atom stereocenters. The van der Waals surface area contributed by atoms with Gasteiger partial charge in [0.25, 0.3) is 5.91 Å². The predicted molar refractivity (Wildman–Crippen MR) is 98.4 cm³/mol. The molecule has 0 fully saturated rings. The molecule has 26 heavy (non-hydrogen) atoms. The number of nitrogens with one attached hydrogen (secondary N) is 2. The molecule has 6 heteroatoms. The van der Waals surface area contributed by atoms with E-state index >= 15 is 0 Å². The molecule has 0 bridgehead atoms. The van der Waals surface area contributed by atoms with Gasteiger partial charge in [-0.2, -0.15) is 5.10 Å². The van der Waals surface area contributed by atoms with E-state index in [4.69, 9.17) is 9.47 Å². The molecule has 1 aliphatic heterocycles. The lowest BCUT2D eigenvalue weighted by molar-refractivity contribution is -0.125. The number of carbonyl (C=O) groups is 1. The van der Waals surface area contributed by atoms with Gasteiger partial charge >= 0.3 is 0 Å². The number of aromatic amines is 1. The fourth-order valence-corrected chi connectivity index (χ4v) is 2.96. The van der Waals surface area contributed by atoms with Crippen molar-refractivity contribution in [1.29, 1.82) is 0 Å². The number of hydrogen-bond donors (Lipinski definition) is 2. The summed E-state index contributed by atoms with van der Waals surface area (Å²) in [6.07, 6.45) is 3.74. The van der Waals surface area contributed by atoms with Gasteiger partial charge in [-0.15, -0.1) is 0 Å². The molecule has 0 saturated heterocycles. The lowest BCUT2D eigenvalue weighted by Crippen LogP contribution is -2.40. The number of ether oxygens (including phenoxy) is 2. The van der Waals surface area contributed by atoms with Gasteiger partial charge in [0.05, 0.1) is 6.20 Å². The first-order valence-electron chi connectivity index (χ1n) is 8.56. The highest BCUT2D eigenvalue weighted by Gasteiger charge is 2.27. The second-order valence-electron chi connectivity index (χ2n) is 6.07. The summed E-state index contributed by atoms with van der Waals surface area (Å²) in [7, 11) is 0. The number of benzene rings is 2.